The zero-order valence-electron chi connectivity index (χ0n) is 16.5. The Balaban J connectivity index is 0.00000240. The molecule has 154 valence electrons. The number of hydrogen-bond acceptors (Lipinski definition) is 6. The summed E-state index contributed by atoms with van der Waals surface area (Å²) in [6, 6.07) is 12.1. The number of anilines is 1. The van der Waals surface area contributed by atoms with E-state index in [1.807, 2.05) is 30.5 Å². The summed E-state index contributed by atoms with van der Waals surface area (Å²) in [6.45, 7) is 5.78. The fourth-order valence-electron chi connectivity index (χ4n) is 3.64. The number of halogens is 1. The third-order valence-corrected chi connectivity index (χ3v) is 6.63. The molecule has 1 fully saturated rings. The zero-order chi connectivity index (χ0) is 19.6. The number of piperidine rings is 1. The van der Waals surface area contributed by atoms with Crippen molar-refractivity contribution >= 4 is 34.8 Å². The minimum Gasteiger partial charge on any atom is -0.317 e. The van der Waals surface area contributed by atoms with Crippen LogP contribution < -0.4 is 10.6 Å². The molecule has 0 radical (unpaired) electrons. The smallest absolute Gasteiger partial charge is 0.254 e. The number of benzene rings is 1. The van der Waals surface area contributed by atoms with E-state index in [1.54, 1.807) is 10.9 Å². The van der Waals surface area contributed by atoms with Crippen LogP contribution in [0.2, 0.25) is 0 Å². The first-order chi connectivity index (χ1) is 13.5. The average molecular weight is 433 g/mol. The number of nitrogens with zero attached hydrogens (tertiary/aromatic N) is 4. The van der Waals surface area contributed by atoms with Crippen LogP contribution in [0.15, 0.2) is 48.8 Å². The lowest BCUT2D eigenvalue weighted by molar-refractivity contribution is -0.126. The van der Waals surface area contributed by atoms with Gasteiger partial charge in [0.1, 0.15) is 10.5 Å². The first kappa shape index (κ1) is 21.4. The fraction of sp³-hybridized carbons (Fsp3) is 0.400. The summed E-state index contributed by atoms with van der Waals surface area (Å²) < 4.78 is 1.78. The second-order valence-electron chi connectivity index (χ2n) is 7.59. The summed E-state index contributed by atoms with van der Waals surface area (Å²) in [5.41, 5.74) is 0.182. The Hall–Kier alpha value is -2.29. The van der Waals surface area contributed by atoms with Crippen LogP contribution in [0.4, 0.5) is 5.13 Å². The van der Waals surface area contributed by atoms with Crippen LogP contribution in [-0.2, 0) is 15.7 Å². The van der Waals surface area contributed by atoms with Gasteiger partial charge in [-0.2, -0.15) is 5.10 Å². The lowest BCUT2D eigenvalue weighted by atomic mass is 9.85. The normalized spacial score (nSPS) is 16.1. The number of rotatable bonds is 5. The predicted molar refractivity (Wildman–Crippen MR) is 117 cm³/mol. The summed E-state index contributed by atoms with van der Waals surface area (Å²) in [5, 5.41) is 20.7. The second-order valence-corrected chi connectivity index (χ2v) is 8.57. The standard InChI is InChI=1S/C20H24N6OS.ClH/c1-19(2,15-7-4-3-5-8-15)17-24-25-18(28-17)23-16(27)20(9-12-21-13-10-20)26-14-6-11-22-26;/h3-8,11,14,21H,9-10,12-13H2,1-2H3,(H,23,25,27);1H. The lowest BCUT2D eigenvalue weighted by Gasteiger charge is -2.36. The molecule has 4 rings (SSSR count). The first-order valence-electron chi connectivity index (χ1n) is 9.44. The molecule has 9 heteroatoms. The molecule has 3 heterocycles. The minimum atomic E-state index is -0.699. The Morgan fingerprint density at radius 1 is 1.17 bits per heavy atom. The van der Waals surface area contributed by atoms with E-state index < -0.39 is 5.54 Å². The maximum atomic E-state index is 13.3. The molecule has 2 N–H and O–H groups in total. The van der Waals surface area contributed by atoms with Gasteiger partial charge >= 0.3 is 0 Å². The summed E-state index contributed by atoms with van der Waals surface area (Å²) in [4.78, 5) is 13.3. The van der Waals surface area contributed by atoms with Gasteiger partial charge < -0.3 is 5.32 Å². The minimum absolute atomic E-state index is 0. The van der Waals surface area contributed by atoms with Crippen molar-refractivity contribution in [2.24, 2.45) is 0 Å². The zero-order valence-corrected chi connectivity index (χ0v) is 18.1. The molecular formula is C20H25ClN6OS. The van der Waals surface area contributed by atoms with Crippen LogP contribution in [0.1, 0.15) is 37.3 Å². The largest absolute Gasteiger partial charge is 0.317 e. The number of amides is 1. The molecule has 7 nitrogen and oxygen atoms in total. The van der Waals surface area contributed by atoms with Crippen molar-refractivity contribution in [1.82, 2.24) is 25.3 Å². The molecule has 1 amide bonds. The molecule has 0 spiro atoms. The molecule has 0 unspecified atom stereocenters. The van der Waals surface area contributed by atoms with Crippen molar-refractivity contribution < 1.29 is 4.79 Å². The van der Waals surface area contributed by atoms with Crippen molar-refractivity contribution in [3.05, 3.63) is 59.4 Å². The Kier molecular flexibility index (Phi) is 6.36. The van der Waals surface area contributed by atoms with Crippen LogP contribution in [0.5, 0.6) is 0 Å². The van der Waals surface area contributed by atoms with Gasteiger partial charge in [0.2, 0.25) is 5.13 Å². The molecule has 0 saturated carbocycles. The summed E-state index contributed by atoms with van der Waals surface area (Å²) >= 11 is 1.42. The molecule has 1 aromatic carbocycles. The third-order valence-electron chi connectivity index (χ3n) is 5.47. The van der Waals surface area contributed by atoms with E-state index in [0.29, 0.717) is 18.0 Å². The van der Waals surface area contributed by atoms with Gasteiger partial charge in [-0.1, -0.05) is 41.7 Å². The Bertz CT molecular complexity index is 935. The third kappa shape index (κ3) is 4.05. The molecule has 0 aliphatic carbocycles. The molecular weight excluding hydrogens is 408 g/mol. The molecule has 1 aliphatic heterocycles. The summed E-state index contributed by atoms with van der Waals surface area (Å²) in [5.74, 6) is -0.0853. The first-order valence-corrected chi connectivity index (χ1v) is 10.3. The maximum absolute atomic E-state index is 13.3. The molecule has 0 atom stereocenters. The van der Waals surface area contributed by atoms with Crippen LogP contribution in [0.3, 0.4) is 0 Å². The maximum Gasteiger partial charge on any atom is 0.254 e. The molecule has 1 aliphatic rings. The highest BCUT2D eigenvalue weighted by molar-refractivity contribution is 7.15. The monoisotopic (exact) mass is 432 g/mol. The van der Waals surface area contributed by atoms with Gasteiger partial charge in [-0.05, 0) is 51.4 Å². The van der Waals surface area contributed by atoms with Crippen LogP contribution >= 0.6 is 23.7 Å². The Labute approximate surface area is 180 Å². The topological polar surface area (TPSA) is 84.7 Å². The molecule has 2 aromatic heterocycles. The molecule has 3 aromatic rings. The van der Waals surface area contributed by atoms with Gasteiger partial charge in [-0.15, -0.1) is 22.6 Å². The highest BCUT2D eigenvalue weighted by Gasteiger charge is 2.42. The average Bonchev–Trinajstić information content (AvgIpc) is 3.42. The SMILES string of the molecule is CC(C)(c1ccccc1)c1nnc(NC(=O)C2(n3cccn3)CCNCC2)s1.Cl. The van der Waals surface area contributed by atoms with E-state index >= 15 is 0 Å². The van der Waals surface area contributed by atoms with E-state index in [9.17, 15) is 4.79 Å². The van der Waals surface area contributed by atoms with E-state index in [1.165, 1.54) is 11.3 Å². The van der Waals surface area contributed by atoms with Gasteiger partial charge in [0.05, 0.1) is 0 Å². The van der Waals surface area contributed by atoms with E-state index in [-0.39, 0.29) is 23.7 Å². The highest BCUT2D eigenvalue weighted by atomic mass is 35.5. The van der Waals surface area contributed by atoms with Gasteiger partial charge in [0.25, 0.3) is 5.91 Å². The van der Waals surface area contributed by atoms with Gasteiger partial charge in [-0.3, -0.25) is 14.8 Å². The van der Waals surface area contributed by atoms with Gasteiger partial charge in [-0.25, -0.2) is 0 Å². The van der Waals surface area contributed by atoms with Crippen molar-refractivity contribution in [2.75, 3.05) is 18.4 Å². The quantitative estimate of drug-likeness (QED) is 0.646. The number of hydrogen-bond donors (Lipinski definition) is 2. The van der Waals surface area contributed by atoms with Gasteiger partial charge in [0.15, 0.2) is 0 Å². The Morgan fingerprint density at radius 3 is 2.55 bits per heavy atom. The number of carbonyl (C=O) groups is 1. The van der Waals surface area contributed by atoms with Crippen molar-refractivity contribution in [2.45, 2.75) is 37.6 Å². The number of carbonyl (C=O) groups excluding carboxylic acids is 1. The van der Waals surface area contributed by atoms with E-state index in [0.717, 1.165) is 23.7 Å². The van der Waals surface area contributed by atoms with Gasteiger partial charge in [0, 0.05) is 17.8 Å². The summed E-state index contributed by atoms with van der Waals surface area (Å²) in [6.07, 6.45) is 4.93. The number of nitrogens with one attached hydrogen (secondary N) is 2. The van der Waals surface area contributed by atoms with E-state index in [4.69, 9.17) is 0 Å². The summed E-state index contributed by atoms with van der Waals surface area (Å²) in [7, 11) is 0. The predicted octanol–water partition coefficient (Wildman–Crippen LogP) is 3.20. The fourth-order valence-corrected chi connectivity index (χ4v) is 4.50. The molecule has 29 heavy (non-hydrogen) atoms. The highest BCUT2D eigenvalue weighted by Crippen LogP contribution is 2.35. The van der Waals surface area contributed by atoms with Crippen LogP contribution in [0, 0.1) is 0 Å². The van der Waals surface area contributed by atoms with Crippen molar-refractivity contribution in [3.8, 4) is 0 Å². The lowest BCUT2D eigenvalue weighted by Crippen LogP contribution is -2.52. The van der Waals surface area contributed by atoms with Crippen molar-refractivity contribution in [1.29, 1.82) is 0 Å². The number of aromatic nitrogens is 4. The molecule has 0 bridgehead atoms. The second kappa shape index (κ2) is 8.61. The van der Waals surface area contributed by atoms with Crippen LogP contribution in [-0.4, -0.2) is 39.0 Å². The van der Waals surface area contributed by atoms with E-state index in [2.05, 4.69) is 51.9 Å². The van der Waals surface area contributed by atoms with Crippen molar-refractivity contribution in [3.63, 3.8) is 0 Å². The van der Waals surface area contributed by atoms with Crippen LogP contribution in [0.25, 0.3) is 0 Å². The Morgan fingerprint density at radius 2 is 1.90 bits per heavy atom. The molecule has 1 saturated heterocycles.